The van der Waals surface area contributed by atoms with Crippen molar-refractivity contribution >= 4 is 20.8 Å². The van der Waals surface area contributed by atoms with Gasteiger partial charge in [-0.2, -0.15) is 0 Å². The monoisotopic (exact) mass is 252 g/mol. The molecule has 1 aromatic carbocycles. The smallest absolute Gasteiger partial charge is 0.175 e. The van der Waals surface area contributed by atoms with Crippen molar-refractivity contribution in [2.24, 2.45) is 0 Å². The summed E-state index contributed by atoms with van der Waals surface area (Å²) in [5.41, 5.74) is 0.753. The number of hydrogen-bond acceptors (Lipinski definition) is 3. The molecule has 1 aromatic heterocycles. The van der Waals surface area contributed by atoms with Crippen molar-refractivity contribution < 1.29 is 12.8 Å². The average Bonchev–Trinajstić information content (AvgIpc) is 2.66. The lowest BCUT2D eigenvalue weighted by atomic mass is 10.2. The second-order valence-corrected chi connectivity index (χ2v) is 6.30. The Labute approximate surface area is 101 Å². The molecule has 92 valence electrons. The third-order valence-corrected chi connectivity index (χ3v) is 3.85. The van der Waals surface area contributed by atoms with Crippen molar-refractivity contribution in [1.29, 1.82) is 0 Å². The number of furan rings is 1. The van der Waals surface area contributed by atoms with Crippen molar-refractivity contribution in [2.75, 3.05) is 6.26 Å². The lowest BCUT2D eigenvalue weighted by Crippen LogP contribution is -1.95. The summed E-state index contributed by atoms with van der Waals surface area (Å²) < 4.78 is 28.5. The van der Waals surface area contributed by atoms with Crippen molar-refractivity contribution in [3.05, 3.63) is 30.0 Å². The van der Waals surface area contributed by atoms with Crippen LogP contribution in [0.2, 0.25) is 0 Å². The van der Waals surface area contributed by atoms with Gasteiger partial charge < -0.3 is 4.42 Å². The highest BCUT2D eigenvalue weighted by Gasteiger charge is 2.10. The van der Waals surface area contributed by atoms with Crippen LogP contribution >= 0.6 is 0 Å². The first-order valence-corrected chi connectivity index (χ1v) is 7.62. The molecule has 0 saturated carbocycles. The van der Waals surface area contributed by atoms with Crippen LogP contribution in [0, 0.1) is 0 Å². The van der Waals surface area contributed by atoms with Crippen LogP contribution in [0.3, 0.4) is 0 Å². The molecule has 0 aliphatic carbocycles. The van der Waals surface area contributed by atoms with Gasteiger partial charge in [0.2, 0.25) is 0 Å². The molecule has 0 radical (unpaired) electrons. The molecule has 0 spiro atoms. The third kappa shape index (κ3) is 2.69. The Morgan fingerprint density at radius 2 is 2.00 bits per heavy atom. The molecule has 0 fully saturated rings. The van der Waals surface area contributed by atoms with Crippen LogP contribution in [0.4, 0.5) is 0 Å². The zero-order chi connectivity index (χ0) is 12.5. The molecule has 1 heterocycles. The van der Waals surface area contributed by atoms with Gasteiger partial charge in [0, 0.05) is 18.1 Å². The second kappa shape index (κ2) is 4.53. The third-order valence-electron chi connectivity index (χ3n) is 2.74. The molecule has 17 heavy (non-hydrogen) atoms. The van der Waals surface area contributed by atoms with Gasteiger partial charge in [0.05, 0.1) is 4.90 Å². The van der Waals surface area contributed by atoms with Crippen molar-refractivity contribution in [1.82, 2.24) is 0 Å². The quantitative estimate of drug-likeness (QED) is 0.839. The number of fused-ring (bicyclic) bond motifs is 1. The molecule has 0 saturated heterocycles. The minimum absolute atomic E-state index is 0.341. The SMILES string of the molecule is CCCCc1cc2cc(S(C)(=O)=O)ccc2o1. The summed E-state index contributed by atoms with van der Waals surface area (Å²) in [6.07, 6.45) is 4.32. The lowest BCUT2D eigenvalue weighted by molar-refractivity contribution is 0.536. The molecule has 4 heteroatoms. The van der Waals surface area contributed by atoms with Gasteiger partial charge in [-0.15, -0.1) is 0 Å². The maximum atomic E-state index is 11.4. The highest BCUT2D eigenvalue weighted by atomic mass is 32.2. The highest BCUT2D eigenvalue weighted by Crippen LogP contribution is 2.23. The molecule has 0 amide bonds. The first-order valence-electron chi connectivity index (χ1n) is 5.73. The lowest BCUT2D eigenvalue weighted by Gasteiger charge is -1.96. The Hall–Kier alpha value is -1.29. The summed E-state index contributed by atoms with van der Waals surface area (Å²) in [5.74, 6) is 0.924. The number of rotatable bonds is 4. The van der Waals surface area contributed by atoms with Crippen molar-refractivity contribution in [3.63, 3.8) is 0 Å². The van der Waals surface area contributed by atoms with Gasteiger partial charge in [0.1, 0.15) is 11.3 Å². The summed E-state index contributed by atoms with van der Waals surface area (Å²) in [5, 5.41) is 0.860. The first-order chi connectivity index (χ1) is 8.00. The van der Waals surface area contributed by atoms with E-state index in [0.717, 1.165) is 36.0 Å². The van der Waals surface area contributed by atoms with Crippen LogP contribution in [0.25, 0.3) is 11.0 Å². The molecule has 0 aliphatic rings. The molecule has 0 atom stereocenters. The summed E-state index contributed by atoms with van der Waals surface area (Å²) in [6.45, 7) is 2.13. The summed E-state index contributed by atoms with van der Waals surface area (Å²) in [6, 6.07) is 6.91. The van der Waals surface area contributed by atoms with Gasteiger partial charge in [-0.25, -0.2) is 8.42 Å². The van der Waals surface area contributed by atoms with Crippen molar-refractivity contribution in [2.45, 2.75) is 31.1 Å². The molecule has 0 bridgehead atoms. The number of hydrogen-bond donors (Lipinski definition) is 0. The minimum Gasteiger partial charge on any atom is -0.461 e. The van der Waals surface area contributed by atoms with Crippen LogP contribution in [0.15, 0.2) is 33.6 Å². The normalized spacial score (nSPS) is 12.1. The fourth-order valence-corrected chi connectivity index (χ4v) is 2.44. The van der Waals surface area contributed by atoms with E-state index in [1.54, 1.807) is 18.2 Å². The molecule has 0 unspecified atom stereocenters. The van der Waals surface area contributed by atoms with E-state index in [2.05, 4.69) is 6.92 Å². The Balaban J connectivity index is 2.41. The van der Waals surface area contributed by atoms with Crippen LogP contribution < -0.4 is 0 Å². The molecule has 2 rings (SSSR count). The van der Waals surface area contributed by atoms with Crippen molar-refractivity contribution in [3.8, 4) is 0 Å². The van der Waals surface area contributed by atoms with Gasteiger partial charge in [-0.3, -0.25) is 0 Å². The number of aryl methyl sites for hydroxylation is 1. The van der Waals surface area contributed by atoms with E-state index in [9.17, 15) is 8.42 Å². The molecular formula is C13H16O3S. The molecule has 3 nitrogen and oxygen atoms in total. The Morgan fingerprint density at radius 3 is 2.65 bits per heavy atom. The number of unbranched alkanes of at least 4 members (excludes halogenated alkanes) is 1. The standard InChI is InChI=1S/C13H16O3S/c1-3-4-5-11-8-10-9-12(17(2,14)15)6-7-13(10)16-11/h6-9H,3-5H2,1-2H3. The van der Waals surface area contributed by atoms with Gasteiger partial charge in [-0.05, 0) is 30.7 Å². The van der Waals surface area contributed by atoms with Crippen LogP contribution in [0.5, 0.6) is 0 Å². The van der Waals surface area contributed by atoms with Gasteiger partial charge in [-0.1, -0.05) is 13.3 Å². The fourth-order valence-electron chi connectivity index (χ4n) is 1.78. The highest BCUT2D eigenvalue weighted by molar-refractivity contribution is 7.90. The molecule has 0 aliphatic heterocycles. The number of benzene rings is 1. The second-order valence-electron chi connectivity index (χ2n) is 4.29. The van der Waals surface area contributed by atoms with E-state index >= 15 is 0 Å². The molecule has 2 aromatic rings. The molecular weight excluding hydrogens is 236 g/mol. The van der Waals surface area contributed by atoms with E-state index < -0.39 is 9.84 Å². The maximum Gasteiger partial charge on any atom is 0.175 e. The van der Waals surface area contributed by atoms with Gasteiger partial charge >= 0.3 is 0 Å². The first kappa shape index (κ1) is 12.2. The fraction of sp³-hybridized carbons (Fsp3) is 0.385. The van der Waals surface area contributed by atoms with Gasteiger partial charge in [0.15, 0.2) is 9.84 Å². The van der Waals surface area contributed by atoms with Crippen LogP contribution in [-0.2, 0) is 16.3 Å². The summed E-state index contributed by atoms with van der Waals surface area (Å²) in [7, 11) is -3.14. The van der Waals surface area contributed by atoms with E-state index in [-0.39, 0.29) is 0 Å². The largest absolute Gasteiger partial charge is 0.461 e. The Morgan fingerprint density at radius 1 is 1.24 bits per heavy atom. The summed E-state index contributed by atoms with van der Waals surface area (Å²) >= 11 is 0. The van der Waals surface area contributed by atoms with E-state index in [4.69, 9.17) is 4.42 Å². The predicted octanol–water partition coefficient (Wildman–Crippen LogP) is 3.18. The zero-order valence-electron chi connectivity index (χ0n) is 10.1. The van der Waals surface area contributed by atoms with E-state index in [1.807, 2.05) is 6.07 Å². The van der Waals surface area contributed by atoms with E-state index in [0.29, 0.717) is 4.90 Å². The maximum absolute atomic E-state index is 11.4. The zero-order valence-corrected chi connectivity index (χ0v) is 10.9. The summed E-state index contributed by atoms with van der Waals surface area (Å²) in [4.78, 5) is 0.341. The topological polar surface area (TPSA) is 47.3 Å². The van der Waals surface area contributed by atoms with Crippen LogP contribution in [-0.4, -0.2) is 14.7 Å². The number of sulfone groups is 1. The Bertz CT molecular complexity index is 623. The molecule has 0 N–H and O–H groups in total. The minimum atomic E-state index is -3.14. The average molecular weight is 252 g/mol. The predicted molar refractivity (Wildman–Crippen MR) is 67.9 cm³/mol. The van der Waals surface area contributed by atoms with Crippen LogP contribution in [0.1, 0.15) is 25.5 Å². The Kier molecular flexibility index (Phi) is 3.24. The van der Waals surface area contributed by atoms with E-state index in [1.165, 1.54) is 6.26 Å². The van der Waals surface area contributed by atoms with Gasteiger partial charge in [0.25, 0.3) is 0 Å².